The Morgan fingerprint density at radius 1 is 1.70 bits per heavy atom. The van der Waals surface area contributed by atoms with Crippen molar-refractivity contribution in [3.8, 4) is 0 Å². The molecule has 10 heavy (non-hydrogen) atoms. The van der Waals surface area contributed by atoms with E-state index in [1.165, 1.54) is 6.08 Å². The SMILES string of the molecule is COCC1=C(F)C=CCC1. The predicted molar refractivity (Wildman–Crippen MR) is 38.4 cm³/mol. The molecule has 1 aliphatic rings. The minimum atomic E-state index is -0.117. The van der Waals surface area contributed by atoms with Crippen LogP contribution in [0.15, 0.2) is 23.6 Å². The molecule has 0 aromatic carbocycles. The summed E-state index contributed by atoms with van der Waals surface area (Å²) in [6.45, 7) is 0.427. The molecule has 0 amide bonds. The second-order valence-corrected chi connectivity index (χ2v) is 2.33. The van der Waals surface area contributed by atoms with Gasteiger partial charge in [-0.2, -0.15) is 0 Å². The monoisotopic (exact) mass is 142 g/mol. The van der Waals surface area contributed by atoms with Gasteiger partial charge >= 0.3 is 0 Å². The predicted octanol–water partition coefficient (Wildman–Crippen LogP) is 2.21. The third kappa shape index (κ3) is 1.67. The zero-order valence-corrected chi connectivity index (χ0v) is 6.06. The van der Waals surface area contributed by atoms with Crippen LogP contribution in [0.4, 0.5) is 4.39 Å². The van der Waals surface area contributed by atoms with E-state index in [9.17, 15) is 4.39 Å². The van der Waals surface area contributed by atoms with Gasteiger partial charge < -0.3 is 4.74 Å². The van der Waals surface area contributed by atoms with Crippen LogP contribution >= 0.6 is 0 Å². The molecule has 2 heteroatoms. The second-order valence-electron chi connectivity index (χ2n) is 2.33. The number of rotatable bonds is 2. The van der Waals surface area contributed by atoms with E-state index in [1.807, 2.05) is 6.08 Å². The summed E-state index contributed by atoms with van der Waals surface area (Å²) in [4.78, 5) is 0. The standard InChI is InChI=1S/C8H11FO/c1-10-6-7-4-2-3-5-8(7)9/h3,5H,2,4,6H2,1H3. The molecule has 1 rings (SSSR count). The lowest BCUT2D eigenvalue weighted by atomic mass is 10.1. The minimum absolute atomic E-state index is 0.117. The fourth-order valence-electron chi connectivity index (χ4n) is 0.997. The van der Waals surface area contributed by atoms with E-state index in [0.717, 1.165) is 18.4 Å². The third-order valence-electron chi connectivity index (χ3n) is 1.53. The van der Waals surface area contributed by atoms with E-state index in [-0.39, 0.29) is 5.83 Å². The summed E-state index contributed by atoms with van der Waals surface area (Å²) in [6, 6.07) is 0. The maximum Gasteiger partial charge on any atom is 0.124 e. The Morgan fingerprint density at radius 2 is 2.50 bits per heavy atom. The van der Waals surface area contributed by atoms with Gasteiger partial charge in [0.25, 0.3) is 0 Å². The molecule has 0 N–H and O–H groups in total. The van der Waals surface area contributed by atoms with Crippen LogP contribution < -0.4 is 0 Å². The molecular formula is C8H11FO. The van der Waals surface area contributed by atoms with Crippen molar-refractivity contribution in [2.24, 2.45) is 0 Å². The van der Waals surface area contributed by atoms with Gasteiger partial charge in [0.15, 0.2) is 0 Å². The van der Waals surface area contributed by atoms with Crippen LogP contribution in [0.3, 0.4) is 0 Å². The molecule has 0 aliphatic heterocycles. The van der Waals surface area contributed by atoms with Crippen molar-refractivity contribution in [1.29, 1.82) is 0 Å². The summed E-state index contributed by atoms with van der Waals surface area (Å²) < 4.78 is 17.6. The van der Waals surface area contributed by atoms with Gasteiger partial charge in [0.2, 0.25) is 0 Å². The zero-order chi connectivity index (χ0) is 7.40. The Bertz CT molecular complexity index is 170. The van der Waals surface area contributed by atoms with Crippen LogP contribution in [0.1, 0.15) is 12.8 Å². The molecule has 0 saturated carbocycles. The van der Waals surface area contributed by atoms with E-state index in [2.05, 4.69) is 0 Å². The molecule has 0 atom stereocenters. The van der Waals surface area contributed by atoms with Gasteiger partial charge in [-0.1, -0.05) is 6.08 Å². The summed E-state index contributed by atoms with van der Waals surface area (Å²) >= 11 is 0. The lowest BCUT2D eigenvalue weighted by molar-refractivity contribution is 0.220. The van der Waals surface area contributed by atoms with Crippen LogP contribution in [-0.2, 0) is 4.74 Å². The van der Waals surface area contributed by atoms with Crippen molar-refractivity contribution in [1.82, 2.24) is 0 Å². The summed E-state index contributed by atoms with van der Waals surface area (Å²) in [5, 5.41) is 0. The van der Waals surface area contributed by atoms with E-state index in [1.54, 1.807) is 7.11 Å². The number of ether oxygens (including phenoxy) is 1. The van der Waals surface area contributed by atoms with Crippen molar-refractivity contribution in [3.63, 3.8) is 0 Å². The lowest BCUT2D eigenvalue weighted by Gasteiger charge is -2.08. The van der Waals surface area contributed by atoms with Gasteiger partial charge in [0.05, 0.1) is 6.61 Å². The maximum absolute atomic E-state index is 12.7. The molecule has 1 nitrogen and oxygen atoms in total. The Kier molecular flexibility index (Phi) is 2.63. The number of hydrogen-bond acceptors (Lipinski definition) is 1. The van der Waals surface area contributed by atoms with Gasteiger partial charge in [0.1, 0.15) is 5.83 Å². The molecule has 0 aromatic rings. The van der Waals surface area contributed by atoms with Crippen molar-refractivity contribution < 1.29 is 9.13 Å². The van der Waals surface area contributed by atoms with Crippen molar-refractivity contribution in [2.45, 2.75) is 12.8 Å². The average molecular weight is 142 g/mol. The highest BCUT2D eigenvalue weighted by atomic mass is 19.1. The van der Waals surface area contributed by atoms with Crippen LogP contribution in [0.2, 0.25) is 0 Å². The Morgan fingerprint density at radius 3 is 3.10 bits per heavy atom. The molecule has 0 spiro atoms. The molecule has 0 aromatic heterocycles. The highest BCUT2D eigenvalue weighted by molar-refractivity contribution is 5.24. The van der Waals surface area contributed by atoms with Crippen LogP contribution in [-0.4, -0.2) is 13.7 Å². The highest BCUT2D eigenvalue weighted by Gasteiger charge is 2.06. The smallest absolute Gasteiger partial charge is 0.124 e. The Balaban J connectivity index is 2.60. The van der Waals surface area contributed by atoms with Crippen molar-refractivity contribution >= 4 is 0 Å². The number of allylic oxidation sites excluding steroid dienone is 3. The molecule has 0 unspecified atom stereocenters. The number of hydrogen-bond donors (Lipinski definition) is 0. The summed E-state index contributed by atoms with van der Waals surface area (Å²) in [5.41, 5.74) is 0.782. The zero-order valence-electron chi connectivity index (χ0n) is 6.06. The Labute approximate surface area is 60.2 Å². The van der Waals surface area contributed by atoms with E-state index in [0.29, 0.717) is 6.61 Å². The molecule has 0 heterocycles. The molecule has 1 aliphatic carbocycles. The van der Waals surface area contributed by atoms with Crippen molar-refractivity contribution in [3.05, 3.63) is 23.6 Å². The van der Waals surface area contributed by atoms with E-state index >= 15 is 0 Å². The Hall–Kier alpha value is -0.630. The maximum atomic E-state index is 12.7. The van der Waals surface area contributed by atoms with E-state index < -0.39 is 0 Å². The van der Waals surface area contributed by atoms with Crippen LogP contribution in [0.5, 0.6) is 0 Å². The first-order chi connectivity index (χ1) is 4.84. The van der Waals surface area contributed by atoms with Crippen LogP contribution in [0.25, 0.3) is 0 Å². The molecule has 56 valence electrons. The molecule has 0 fully saturated rings. The third-order valence-corrected chi connectivity index (χ3v) is 1.53. The second kappa shape index (κ2) is 3.52. The van der Waals surface area contributed by atoms with Gasteiger partial charge in [-0.15, -0.1) is 0 Å². The highest BCUT2D eigenvalue weighted by Crippen LogP contribution is 2.19. The molecule has 0 bridgehead atoms. The summed E-state index contributed by atoms with van der Waals surface area (Å²) in [6.07, 6.45) is 5.09. The average Bonchev–Trinajstić information content (AvgIpc) is 1.94. The largest absolute Gasteiger partial charge is 0.380 e. The topological polar surface area (TPSA) is 9.23 Å². The molecule has 0 radical (unpaired) electrons. The lowest BCUT2D eigenvalue weighted by Crippen LogP contribution is -1.98. The first kappa shape index (κ1) is 7.48. The fourth-order valence-corrected chi connectivity index (χ4v) is 0.997. The van der Waals surface area contributed by atoms with Crippen LogP contribution in [0, 0.1) is 0 Å². The number of methoxy groups -OCH3 is 1. The van der Waals surface area contributed by atoms with E-state index in [4.69, 9.17) is 4.74 Å². The number of halogens is 1. The van der Waals surface area contributed by atoms with Gasteiger partial charge in [0, 0.05) is 7.11 Å². The molecule has 0 saturated heterocycles. The van der Waals surface area contributed by atoms with Gasteiger partial charge in [-0.3, -0.25) is 0 Å². The summed E-state index contributed by atoms with van der Waals surface area (Å²) in [5.74, 6) is -0.117. The van der Waals surface area contributed by atoms with Gasteiger partial charge in [-0.05, 0) is 24.5 Å². The first-order valence-electron chi connectivity index (χ1n) is 3.37. The normalized spacial score (nSPS) is 18.2. The summed E-state index contributed by atoms with van der Waals surface area (Å²) in [7, 11) is 1.58. The minimum Gasteiger partial charge on any atom is -0.380 e. The first-order valence-corrected chi connectivity index (χ1v) is 3.37. The van der Waals surface area contributed by atoms with Crippen molar-refractivity contribution in [2.75, 3.05) is 13.7 Å². The molecular weight excluding hydrogens is 131 g/mol. The fraction of sp³-hybridized carbons (Fsp3) is 0.500. The quantitative estimate of drug-likeness (QED) is 0.574. The van der Waals surface area contributed by atoms with Gasteiger partial charge in [-0.25, -0.2) is 4.39 Å².